The number of carbonyl (C=O) groups excluding carboxylic acids is 1. The quantitative estimate of drug-likeness (QED) is 0.192. The molecule has 0 N–H and O–H groups in total. The Morgan fingerprint density at radius 1 is 1.00 bits per heavy atom. The molecular formula is C29H42F6O2. The number of ether oxygens (including phenoxy) is 1. The summed E-state index contributed by atoms with van der Waals surface area (Å²) in [5.41, 5.74) is 1.64. The molecule has 3 saturated carbocycles. The Balaban J connectivity index is 1.41. The highest BCUT2D eigenvalue weighted by atomic mass is 19.4. The monoisotopic (exact) mass is 536 g/mol. The van der Waals surface area contributed by atoms with E-state index in [2.05, 4.69) is 19.9 Å². The number of alkyl halides is 6. The average Bonchev–Trinajstić information content (AvgIpc) is 3.12. The van der Waals surface area contributed by atoms with Crippen LogP contribution in [0.2, 0.25) is 0 Å². The zero-order chi connectivity index (χ0) is 27.4. The van der Waals surface area contributed by atoms with Gasteiger partial charge in [0.2, 0.25) is 0 Å². The Hall–Kier alpha value is -1.21. The highest BCUT2D eigenvalue weighted by Crippen LogP contribution is 2.67. The number of fused-ring (bicyclic) bond motifs is 5. The molecule has 8 atom stereocenters. The van der Waals surface area contributed by atoms with Crippen molar-refractivity contribution in [2.24, 2.45) is 46.3 Å². The van der Waals surface area contributed by atoms with E-state index in [0.717, 1.165) is 51.4 Å². The van der Waals surface area contributed by atoms with E-state index in [1.165, 1.54) is 12.5 Å². The van der Waals surface area contributed by atoms with Gasteiger partial charge in [-0.2, -0.15) is 26.3 Å². The van der Waals surface area contributed by atoms with Gasteiger partial charge in [-0.1, -0.05) is 45.3 Å². The zero-order valence-electron chi connectivity index (χ0n) is 22.5. The summed E-state index contributed by atoms with van der Waals surface area (Å²) in [5.74, 6) is -1.32. The number of hydrogen-bond donors (Lipinski definition) is 0. The highest BCUT2D eigenvalue weighted by molar-refractivity contribution is 5.66. The second-order valence-electron chi connectivity index (χ2n) is 13.0. The zero-order valence-corrected chi connectivity index (χ0v) is 22.5. The molecule has 0 aromatic carbocycles. The van der Waals surface area contributed by atoms with E-state index in [9.17, 15) is 31.1 Å². The molecular weight excluding hydrogens is 494 g/mol. The number of hydrogen-bond acceptors (Lipinski definition) is 2. The molecule has 0 heterocycles. The van der Waals surface area contributed by atoms with Gasteiger partial charge in [-0.05, 0) is 91.8 Å². The van der Waals surface area contributed by atoms with Crippen LogP contribution in [0.4, 0.5) is 26.3 Å². The molecule has 4 aliphatic rings. The van der Waals surface area contributed by atoms with Crippen LogP contribution in [-0.2, 0) is 9.53 Å². The molecule has 37 heavy (non-hydrogen) atoms. The first-order valence-electron chi connectivity index (χ1n) is 14.1. The molecule has 0 amide bonds. The number of carbonyl (C=O) groups is 1. The molecule has 8 heteroatoms. The van der Waals surface area contributed by atoms with Gasteiger partial charge in [-0.15, -0.1) is 0 Å². The molecule has 0 unspecified atom stereocenters. The van der Waals surface area contributed by atoms with Gasteiger partial charge in [0.15, 0.2) is 5.92 Å². The predicted octanol–water partition coefficient (Wildman–Crippen LogP) is 9.04. The molecule has 212 valence electrons. The van der Waals surface area contributed by atoms with Crippen molar-refractivity contribution < 1.29 is 35.9 Å². The highest BCUT2D eigenvalue weighted by Gasteiger charge is 2.60. The maximum Gasteiger partial charge on any atom is 0.400 e. The summed E-state index contributed by atoms with van der Waals surface area (Å²) in [5, 5.41) is 0. The molecule has 0 saturated heterocycles. The third-order valence-electron chi connectivity index (χ3n) is 11.1. The third kappa shape index (κ3) is 5.46. The number of rotatable bonds is 6. The molecule has 0 radical (unpaired) electrons. The lowest BCUT2D eigenvalue weighted by Gasteiger charge is -2.58. The SMILES string of the molecule is CC(=O)O[C@H]1CC[C@@]2(C)C(=CC[C@H]3[C@@H]4CC[C@H]([C@H](C)CCCC(C(F)(F)F)C(F)(F)F)[C@@]4(C)CC[C@@H]32)C1. The summed E-state index contributed by atoms with van der Waals surface area (Å²) in [6.07, 6.45) is -0.645. The Kier molecular flexibility index (Phi) is 7.84. The standard InChI is InChI=1S/C29H42F6O2/c1-17(6-5-7-25(28(30,31)32)29(33,34)35)22-10-11-23-21-9-8-19-16-20(37-18(2)36)12-14-26(19,3)24(21)13-15-27(22,23)4/h8,17,20-25H,5-7,9-16H2,1-4H3/t17-,20+,21+,22-,23+,24+,26+,27-/m1/s1. The first kappa shape index (κ1) is 28.8. The van der Waals surface area contributed by atoms with E-state index in [4.69, 9.17) is 4.74 Å². The van der Waals surface area contributed by atoms with Gasteiger partial charge in [0.25, 0.3) is 0 Å². The van der Waals surface area contributed by atoms with Crippen molar-refractivity contribution >= 4 is 5.97 Å². The van der Waals surface area contributed by atoms with Gasteiger partial charge in [-0.25, -0.2) is 0 Å². The van der Waals surface area contributed by atoms with Gasteiger partial charge in [0.1, 0.15) is 6.10 Å². The molecule has 0 spiro atoms. The van der Waals surface area contributed by atoms with Crippen LogP contribution < -0.4 is 0 Å². The largest absolute Gasteiger partial charge is 0.462 e. The Morgan fingerprint density at radius 2 is 1.68 bits per heavy atom. The van der Waals surface area contributed by atoms with Crippen LogP contribution in [-0.4, -0.2) is 24.4 Å². The van der Waals surface area contributed by atoms with Crippen LogP contribution in [0, 0.1) is 46.3 Å². The van der Waals surface area contributed by atoms with Gasteiger partial charge < -0.3 is 4.74 Å². The second-order valence-corrected chi connectivity index (χ2v) is 13.0. The lowest BCUT2D eigenvalue weighted by Crippen LogP contribution is -2.51. The van der Waals surface area contributed by atoms with Crippen LogP contribution >= 0.6 is 0 Å². The molecule has 0 aromatic heterocycles. The first-order valence-corrected chi connectivity index (χ1v) is 14.1. The van der Waals surface area contributed by atoms with Gasteiger partial charge in [0.05, 0.1) is 0 Å². The fourth-order valence-corrected chi connectivity index (χ4v) is 9.30. The normalized spacial score (nSPS) is 38.9. The van der Waals surface area contributed by atoms with Crippen molar-refractivity contribution in [3.8, 4) is 0 Å². The van der Waals surface area contributed by atoms with E-state index in [-0.39, 0.29) is 35.2 Å². The van der Waals surface area contributed by atoms with Gasteiger partial charge >= 0.3 is 18.3 Å². The predicted molar refractivity (Wildman–Crippen MR) is 129 cm³/mol. The van der Waals surface area contributed by atoms with Crippen molar-refractivity contribution in [3.05, 3.63) is 11.6 Å². The molecule has 2 nitrogen and oxygen atoms in total. The summed E-state index contributed by atoms with van der Waals surface area (Å²) in [4.78, 5) is 11.5. The Labute approximate surface area is 217 Å². The lowest BCUT2D eigenvalue weighted by atomic mass is 9.47. The van der Waals surface area contributed by atoms with Crippen molar-refractivity contribution in [2.75, 3.05) is 0 Å². The average molecular weight is 537 g/mol. The van der Waals surface area contributed by atoms with Gasteiger partial charge in [0, 0.05) is 13.3 Å². The summed E-state index contributed by atoms with van der Waals surface area (Å²) in [7, 11) is 0. The number of esters is 1. The summed E-state index contributed by atoms with van der Waals surface area (Å²) in [6, 6.07) is 0. The molecule has 4 rings (SSSR count). The van der Waals surface area contributed by atoms with Crippen LogP contribution in [0.3, 0.4) is 0 Å². The first-order chi connectivity index (χ1) is 17.1. The van der Waals surface area contributed by atoms with Crippen LogP contribution in [0.5, 0.6) is 0 Å². The minimum atomic E-state index is -5.24. The smallest absolute Gasteiger partial charge is 0.400 e. The fraction of sp³-hybridized carbons (Fsp3) is 0.897. The van der Waals surface area contributed by atoms with Crippen molar-refractivity contribution in [1.82, 2.24) is 0 Å². The van der Waals surface area contributed by atoms with E-state index in [0.29, 0.717) is 30.1 Å². The maximum atomic E-state index is 13.0. The van der Waals surface area contributed by atoms with Crippen LogP contribution in [0.1, 0.15) is 98.3 Å². The molecule has 0 aromatic rings. The Bertz CT molecular complexity index is 865. The number of halogens is 6. The Morgan fingerprint density at radius 3 is 2.30 bits per heavy atom. The van der Waals surface area contributed by atoms with Crippen LogP contribution in [0.25, 0.3) is 0 Å². The third-order valence-corrected chi connectivity index (χ3v) is 11.1. The maximum absolute atomic E-state index is 13.0. The minimum absolute atomic E-state index is 0.0340. The van der Waals surface area contributed by atoms with Crippen LogP contribution in [0.15, 0.2) is 11.6 Å². The molecule has 0 aliphatic heterocycles. The van der Waals surface area contributed by atoms with E-state index < -0.39 is 24.7 Å². The van der Waals surface area contributed by atoms with E-state index >= 15 is 0 Å². The van der Waals surface area contributed by atoms with Crippen molar-refractivity contribution in [3.63, 3.8) is 0 Å². The summed E-state index contributed by atoms with van der Waals surface area (Å²) in [6.45, 7) is 8.23. The second kappa shape index (κ2) is 10.1. The van der Waals surface area contributed by atoms with Crippen molar-refractivity contribution in [2.45, 2.75) is 117 Å². The molecule has 4 aliphatic carbocycles. The van der Waals surface area contributed by atoms with E-state index in [1.807, 2.05) is 6.92 Å². The summed E-state index contributed by atoms with van der Waals surface area (Å²) < 4.78 is 83.3. The molecule has 0 bridgehead atoms. The minimum Gasteiger partial charge on any atom is -0.462 e. The van der Waals surface area contributed by atoms with Crippen molar-refractivity contribution in [1.29, 1.82) is 0 Å². The van der Waals surface area contributed by atoms with E-state index in [1.54, 1.807) is 0 Å². The number of allylic oxidation sites excluding steroid dienone is 1. The van der Waals surface area contributed by atoms with Gasteiger partial charge in [-0.3, -0.25) is 4.79 Å². The fourth-order valence-electron chi connectivity index (χ4n) is 9.30. The lowest BCUT2D eigenvalue weighted by molar-refractivity contribution is -0.286. The molecule has 3 fully saturated rings. The topological polar surface area (TPSA) is 26.3 Å². The summed E-state index contributed by atoms with van der Waals surface area (Å²) >= 11 is 0.